The quantitative estimate of drug-likeness (QED) is 0.804. The first-order valence-electron chi connectivity index (χ1n) is 7.80. The van der Waals surface area contributed by atoms with Crippen molar-refractivity contribution in [3.05, 3.63) is 30.1 Å². The fourth-order valence-electron chi connectivity index (χ4n) is 3.62. The van der Waals surface area contributed by atoms with Gasteiger partial charge in [0, 0.05) is 26.7 Å². The number of piperidine rings is 1. The molecule has 3 rings (SSSR count). The van der Waals surface area contributed by atoms with Gasteiger partial charge in [-0.3, -0.25) is 0 Å². The van der Waals surface area contributed by atoms with Crippen LogP contribution in [0.2, 0.25) is 0 Å². The zero-order valence-electron chi connectivity index (χ0n) is 13.1. The summed E-state index contributed by atoms with van der Waals surface area (Å²) in [6.07, 6.45) is 3.19. The average molecular weight is 306 g/mol. The smallest absolute Gasteiger partial charge is 0.0955 e. The van der Waals surface area contributed by atoms with E-state index in [9.17, 15) is 0 Å². The Balaban J connectivity index is 1.72. The van der Waals surface area contributed by atoms with Gasteiger partial charge in [0.2, 0.25) is 0 Å². The molecule has 0 radical (unpaired) electrons. The maximum Gasteiger partial charge on any atom is 0.0955 e. The minimum Gasteiger partial charge on any atom is -0.334 e. The molecule has 0 bridgehead atoms. The number of alkyl halides is 1. The van der Waals surface area contributed by atoms with Gasteiger partial charge < -0.3 is 9.47 Å². The lowest BCUT2D eigenvalue weighted by Crippen LogP contribution is -2.40. The summed E-state index contributed by atoms with van der Waals surface area (Å²) in [5.41, 5.74) is 3.36. The minimum atomic E-state index is 0.0360. The summed E-state index contributed by atoms with van der Waals surface area (Å²) in [6, 6.07) is 6.39. The number of aromatic nitrogens is 2. The number of imidazole rings is 1. The Morgan fingerprint density at radius 1 is 1.29 bits per heavy atom. The van der Waals surface area contributed by atoms with Crippen molar-refractivity contribution in [1.82, 2.24) is 14.5 Å². The van der Waals surface area contributed by atoms with Gasteiger partial charge >= 0.3 is 0 Å². The zero-order valence-corrected chi connectivity index (χ0v) is 13.8. The molecule has 2 aromatic rings. The molecule has 1 aromatic heterocycles. The van der Waals surface area contributed by atoms with Crippen LogP contribution >= 0.6 is 11.6 Å². The lowest BCUT2D eigenvalue weighted by Gasteiger charge is -2.36. The molecule has 1 aliphatic heterocycles. The van der Waals surface area contributed by atoms with Gasteiger partial charge in [-0.15, -0.1) is 11.6 Å². The molecule has 0 spiro atoms. The van der Waals surface area contributed by atoms with Gasteiger partial charge in [-0.05, 0) is 36.0 Å². The van der Waals surface area contributed by atoms with Crippen molar-refractivity contribution < 1.29 is 0 Å². The van der Waals surface area contributed by atoms with E-state index in [4.69, 9.17) is 11.6 Å². The van der Waals surface area contributed by atoms with Crippen molar-refractivity contribution in [3.8, 4) is 0 Å². The molecular formula is C17H24ClN3. The van der Waals surface area contributed by atoms with Crippen molar-refractivity contribution >= 4 is 22.6 Å². The second kappa shape index (κ2) is 5.98. The van der Waals surface area contributed by atoms with Crippen molar-refractivity contribution in [2.24, 2.45) is 18.9 Å². The van der Waals surface area contributed by atoms with E-state index in [1.165, 1.54) is 25.1 Å². The summed E-state index contributed by atoms with van der Waals surface area (Å²) in [5, 5.41) is 0.0360. The molecule has 0 saturated carbocycles. The summed E-state index contributed by atoms with van der Waals surface area (Å²) >= 11 is 6.67. The number of aryl methyl sites for hydroxylation is 1. The Bertz CT molecular complexity index is 612. The van der Waals surface area contributed by atoms with E-state index in [2.05, 4.69) is 41.9 Å². The summed E-state index contributed by atoms with van der Waals surface area (Å²) in [4.78, 5) is 6.94. The predicted octanol–water partition coefficient (Wildman–Crippen LogP) is 3.83. The summed E-state index contributed by atoms with van der Waals surface area (Å²) in [5.74, 6) is 1.55. The van der Waals surface area contributed by atoms with E-state index in [0.29, 0.717) is 0 Å². The Kier molecular flexibility index (Phi) is 4.23. The van der Waals surface area contributed by atoms with E-state index < -0.39 is 0 Å². The molecule has 1 fully saturated rings. The van der Waals surface area contributed by atoms with E-state index in [-0.39, 0.29) is 5.38 Å². The van der Waals surface area contributed by atoms with Crippen LogP contribution in [0.5, 0.6) is 0 Å². The van der Waals surface area contributed by atoms with Gasteiger partial charge in [0.15, 0.2) is 0 Å². The van der Waals surface area contributed by atoms with Crippen LogP contribution in [-0.4, -0.2) is 34.1 Å². The summed E-state index contributed by atoms with van der Waals surface area (Å²) < 4.78 is 2.04. The number of likely N-dealkylation sites (tertiary alicyclic amines) is 1. The van der Waals surface area contributed by atoms with Gasteiger partial charge in [-0.2, -0.15) is 0 Å². The molecule has 0 aliphatic carbocycles. The number of nitrogens with zero attached hydrogens (tertiary/aromatic N) is 3. The number of hydrogen-bond donors (Lipinski definition) is 0. The van der Waals surface area contributed by atoms with Crippen LogP contribution in [0.15, 0.2) is 24.5 Å². The molecule has 1 saturated heterocycles. The molecular weight excluding hydrogens is 282 g/mol. The van der Waals surface area contributed by atoms with Crippen LogP contribution in [0, 0.1) is 11.8 Å². The molecule has 3 atom stereocenters. The zero-order chi connectivity index (χ0) is 15.0. The molecule has 1 aromatic carbocycles. The summed E-state index contributed by atoms with van der Waals surface area (Å²) in [6.45, 7) is 7.94. The van der Waals surface area contributed by atoms with Gasteiger partial charge in [-0.25, -0.2) is 4.98 Å². The minimum absolute atomic E-state index is 0.0360. The molecule has 2 heterocycles. The number of fused-ring (bicyclic) bond motifs is 1. The average Bonchev–Trinajstić information content (AvgIpc) is 2.78. The second-order valence-electron chi connectivity index (χ2n) is 6.74. The van der Waals surface area contributed by atoms with Crippen molar-refractivity contribution in [3.63, 3.8) is 0 Å². The van der Waals surface area contributed by atoms with Crippen LogP contribution in [-0.2, 0) is 7.05 Å². The van der Waals surface area contributed by atoms with Crippen molar-refractivity contribution in [2.75, 3.05) is 19.6 Å². The van der Waals surface area contributed by atoms with Crippen molar-refractivity contribution in [1.29, 1.82) is 0 Å². The number of rotatable bonds is 3. The van der Waals surface area contributed by atoms with E-state index >= 15 is 0 Å². The van der Waals surface area contributed by atoms with E-state index in [0.717, 1.165) is 29.4 Å². The SMILES string of the molecule is CC1CC(C)CN(CC(Cl)c2ccc3c(c2)ncn3C)C1. The van der Waals surface area contributed by atoms with Crippen LogP contribution < -0.4 is 0 Å². The highest BCUT2D eigenvalue weighted by Crippen LogP contribution is 2.28. The predicted molar refractivity (Wildman–Crippen MR) is 88.7 cm³/mol. The van der Waals surface area contributed by atoms with Crippen LogP contribution in [0.1, 0.15) is 31.2 Å². The molecule has 3 nitrogen and oxygen atoms in total. The topological polar surface area (TPSA) is 21.1 Å². The van der Waals surface area contributed by atoms with E-state index in [1.807, 2.05) is 17.9 Å². The Morgan fingerprint density at radius 3 is 2.71 bits per heavy atom. The third-order valence-electron chi connectivity index (χ3n) is 4.47. The first-order valence-corrected chi connectivity index (χ1v) is 8.24. The monoisotopic (exact) mass is 305 g/mol. The Hall–Kier alpha value is -1.06. The highest BCUT2D eigenvalue weighted by molar-refractivity contribution is 6.21. The molecule has 114 valence electrons. The fourth-order valence-corrected chi connectivity index (χ4v) is 3.95. The number of halogens is 1. The number of hydrogen-bond acceptors (Lipinski definition) is 2. The maximum atomic E-state index is 6.67. The molecule has 21 heavy (non-hydrogen) atoms. The Labute approximate surface area is 131 Å². The standard InChI is InChI=1S/C17H24ClN3/c1-12-6-13(2)9-21(8-12)10-15(18)14-4-5-17-16(7-14)19-11-20(17)3/h4-5,7,11-13,15H,6,8-10H2,1-3H3. The summed E-state index contributed by atoms with van der Waals surface area (Å²) in [7, 11) is 2.02. The normalized spacial score (nSPS) is 25.3. The maximum absolute atomic E-state index is 6.67. The van der Waals surface area contributed by atoms with Gasteiger partial charge in [-0.1, -0.05) is 19.9 Å². The highest BCUT2D eigenvalue weighted by atomic mass is 35.5. The van der Waals surface area contributed by atoms with Crippen LogP contribution in [0.4, 0.5) is 0 Å². The van der Waals surface area contributed by atoms with Gasteiger partial charge in [0.05, 0.1) is 22.7 Å². The molecule has 4 heteroatoms. The van der Waals surface area contributed by atoms with Crippen LogP contribution in [0.25, 0.3) is 11.0 Å². The van der Waals surface area contributed by atoms with Crippen LogP contribution in [0.3, 0.4) is 0 Å². The third kappa shape index (κ3) is 3.24. The molecule has 0 amide bonds. The number of benzene rings is 1. The fraction of sp³-hybridized carbons (Fsp3) is 0.588. The van der Waals surface area contributed by atoms with Gasteiger partial charge in [0.25, 0.3) is 0 Å². The third-order valence-corrected chi connectivity index (χ3v) is 4.86. The molecule has 1 aliphatic rings. The van der Waals surface area contributed by atoms with Gasteiger partial charge in [0.1, 0.15) is 0 Å². The first kappa shape index (κ1) is 14.9. The molecule has 0 N–H and O–H groups in total. The largest absolute Gasteiger partial charge is 0.334 e. The highest BCUT2D eigenvalue weighted by Gasteiger charge is 2.24. The van der Waals surface area contributed by atoms with E-state index in [1.54, 1.807) is 0 Å². The lowest BCUT2D eigenvalue weighted by molar-refractivity contribution is 0.141. The Morgan fingerprint density at radius 2 is 2.00 bits per heavy atom. The second-order valence-corrected chi connectivity index (χ2v) is 7.26. The first-order chi connectivity index (χ1) is 10.0. The van der Waals surface area contributed by atoms with Crippen molar-refractivity contribution in [2.45, 2.75) is 25.6 Å². The molecule has 3 unspecified atom stereocenters. The lowest BCUT2D eigenvalue weighted by atomic mass is 9.91.